The van der Waals surface area contributed by atoms with Gasteiger partial charge in [-0.05, 0) is 103 Å². The van der Waals surface area contributed by atoms with Crippen LogP contribution in [0.25, 0.3) is 0 Å². The van der Waals surface area contributed by atoms with Crippen LogP contribution in [0, 0.1) is 35.5 Å². The summed E-state index contributed by atoms with van der Waals surface area (Å²) in [5, 5.41) is 0. The highest BCUT2D eigenvalue weighted by Gasteiger charge is 2.43. The second kappa shape index (κ2) is 15.1. The standard InChI is InChI=1S/2C15H24O4/c2*1-3-18-15(17)13(6-7-16)12-8-10(2)19-14(9-12)11-4-5-11/h2*7,10-14H,3-6,8-9H2,1-2H3/t10-,12+,13-,14+;10-,12-,13+,14+/m01/s1. The van der Waals surface area contributed by atoms with Gasteiger partial charge in [0.05, 0.1) is 49.5 Å². The molecule has 2 saturated carbocycles. The fourth-order valence-electron chi connectivity index (χ4n) is 6.33. The summed E-state index contributed by atoms with van der Waals surface area (Å²) in [7, 11) is 0. The van der Waals surface area contributed by atoms with Gasteiger partial charge in [-0.15, -0.1) is 0 Å². The van der Waals surface area contributed by atoms with Crippen molar-refractivity contribution < 1.29 is 38.1 Å². The molecular weight excluding hydrogens is 488 g/mol. The molecule has 0 unspecified atom stereocenters. The number of rotatable bonds is 12. The number of carbonyl (C=O) groups excluding carboxylic acids is 4. The van der Waals surface area contributed by atoms with Crippen molar-refractivity contribution >= 4 is 24.5 Å². The van der Waals surface area contributed by atoms with Crippen molar-refractivity contribution in [1.29, 1.82) is 0 Å². The van der Waals surface area contributed by atoms with Gasteiger partial charge in [0.1, 0.15) is 12.6 Å². The van der Waals surface area contributed by atoms with E-state index in [0.29, 0.717) is 25.0 Å². The van der Waals surface area contributed by atoms with Crippen LogP contribution in [0.3, 0.4) is 0 Å². The Kier molecular flexibility index (Phi) is 12.2. The molecule has 0 N–H and O–H groups in total. The van der Waals surface area contributed by atoms with E-state index in [1.54, 1.807) is 13.8 Å². The van der Waals surface area contributed by atoms with Gasteiger partial charge in [-0.1, -0.05) is 0 Å². The first-order chi connectivity index (χ1) is 18.3. The van der Waals surface area contributed by atoms with Crippen LogP contribution in [0.15, 0.2) is 0 Å². The summed E-state index contributed by atoms with van der Waals surface area (Å²) in [4.78, 5) is 45.7. The van der Waals surface area contributed by atoms with Gasteiger partial charge in [0.25, 0.3) is 0 Å². The lowest BCUT2D eigenvalue weighted by molar-refractivity contribution is -0.156. The maximum Gasteiger partial charge on any atom is 0.309 e. The molecule has 8 atom stereocenters. The summed E-state index contributed by atoms with van der Waals surface area (Å²) in [5.41, 5.74) is 0. The van der Waals surface area contributed by atoms with Crippen molar-refractivity contribution in [2.75, 3.05) is 13.2 Å². The third kappa shape index (κ3) is 9.15. The van der Waals surface area contributed by atoms with Crippen molar-refractivity contribution in [3.05, 3.63) is 0 Å². The van der Waals surface area contributed by atoms with E-state index in [1.165, 1.54) is 25.7 Å². The minimum absolute atomic E-state index is 0.174. The van der Waals surface area contributed by atoms with E-state index in [4.69, 9.17) is 18.9 Å². The van der Waals surface area contributed by atoms with E-state index in [1.807, 2.05) is 0 Å². The van der Waals surface area contributed by atoms with Gasteiger partial charge in [-0.2, -0.15) is 0 Å². The zero-order chi connectivity index (χ0) is 27.7. The first-order valence-electron chi connectivity index (χ1n) is 14.8. The van der Waals surface area contributed by atoms with Crippen LogP contribution < -0.4 is 0 Å². The number of esters is 2. The Morgan fingerprint density at radius 2 is 1.08 bits per heavy atom. The average molecular weight is 537 g/mol. The molecule has 4 aliphatic rings. The highest BCUT2D eigenvalue weighted by molar-refractivity contribution is 5.76. The van der Waals surface area contributed by atoms with Crippen LogP contribution in [0.1, 0.15) is 91.9 Å². The average Bonchev–Trinajstić information content (AvgIpc) is 3.78. The summed E-state index contributed by atoms with van der Waals surface area (Å²) in [6.45, 7) is 8.47. The quantitative estimate of drug-likeness (QED) is 0.261. The van der Waals surface area contributed by atoms with E-state index in [0.717, 1.165) is 38.3 Å². The SMILES string of the molecule is CCOC(=O)[C@@H](CC=O)[C@@H]1C[C@@H](C)O[C@H](C2CC2)C1.CCOC(=O)[C@@H](CC=O)[C@@H]1C[C@H](C)O[C@@H](C2CC2)C1. The minimum atomic E-state index is -0.287. The molecule has 8 heteroatoms. The van der Waals surface area contributed by atoms with Gasteiger partial charge >= 0.3 is 11.9 Å². The van der Waals surface area contributed by atoms with Crippen LogP contribution in [0.4, 0.5) is 0 Å². The lowest BCUT2D eigenvalue weighted by Crippen LogP contribution is -2.38. The van der Waals surface area contributed by atoms with Gasteiger partial charge < -0.3 is 28.5 Å². The predicted octanol–water partition coefficient (Wildman–Crippen LogP) is 4.70. The zero-order valence-corrected chi connectivity index (χ0v) is 23.7. The maximum absolute atomic E-state index is 12.0. The molecule has 38 heavy (non-hydrogen) atoms. The molecule has 8 nitrogen and oxygen atoms in total. The topological polar surface area (TPSA) is 105 Å². The molecule has 2 heterocycles. The molecule has 0 aromatic carbocycles. The summed E-state index contributed by atoms with van der Waals surface area (Å²) in [6.07, 6.45) is 11.6. The van der Waals surface area contributed by atoms with E-state index >= 15 is 0 Å². The summed E-state index contributed by atoms with van der Waals surface area (Å²) < 4.78 is 22.2. The molecule has 2 aliphatic carbocycles. The number of hydrogen-bond acceptors (Lipinski definition) is 8. The van der Waals surface area contributed by atoms with Gasteiger partial charge in [-0.25, -0.2) is 0 Å². The van der Waals surface area contributed by atoms with Crippen LogP contribution in [-0.2, 0) is 38.1 Å². The summed E-state index contributed by atoms with van der Waals surface area (Å²) >= 11 is 0. The second-order valence-electron chi connectivity index (χ2n) is 11.6. The number of aldehydes is 2. The molecule has 0 amide bonds. The smallest absolute Gasteiger partial charge is 0.309 e. The first-order valence-corrected chi connectivity index (χ1v) is 14.8. The van der Waals surface area contributed by atoms with Crippen molar-refractivity contribution in [1.82, 2.24) is 0 Å². The maximum atomic E-state index is 12.0. The van der Waals surface area contributed by atoms with E-state index in [9.17, 15) is 19.2 Å². The fourth-order valence-corrected chi connectivity index (χ4v) is 6.33. The Morgan fingerprint density at radius 3 is 1.37 bits per heavy atom. The third-order valence-corrected chi connectivity index (χ3v) is 8.47. The van der Waals surface area contributed by atoms with Crippen molar-refractivity contribution in [3.8, 4) is 0 Å². The molecule has 2 saturated heterocycles. The van der Waals surface area contributed by atoms with Crippen molar-refractivity contribution in [3.63, 3.8) is 0 Å². The van der Waals surface area contributed by atoms with E-state index in [-0.39, 0.29) is 72.9 Å². The first kappa shape index (κ1) is 30.7. The molecule has 216 valence electrons. The lowest BCUT2D eigenvalue weighted by atomic mass is 9.79. The Balaban J connectivity index is 0.000000211. The molecule has 0 spiro atoms. The highest BCUT2D eigenvalue weighted by Crippen LogP contribution is 2.44. The highest BCUT2D eigenvalue weighted by atomic mass is 16.5. The molecule has 0 radical (unpaired) electrons. The molecule has 4 fully saturated rings. The molecule has 0 aromatic rings. The number of carbonyl (C=O) groups is 4. The number of ether oxygens (including phenoxy) is 4. The van der Waals surface area contributed by atoms with Crippen molar-refractivity contribution in [2.45, 2.75) is 116 Å². The zero-order valence-electron chi connectivity index (χ0n) is 23.7. The van der Waals surface area contributed by atoms with Gasteiger partial charge in [0.15, 0.2) is 0 Å². The van der Waals surface area contributed by atoms with Gasteiger partial charge in [0, 0.05) is 12.8 Å². The lowest BCUT2D eigenvalue weighted by Gasteiger charge is -2.37. The normalized spacial score (nSPS) is 32.6. The molecule has 0 aromatic heterocycles. The Hall–Kier alpha value is -1.80. The molecule has 2 aliphatic heterocycles. The predicted molar refractivity (Wildman–Crippen MR) is 141 cm³/mol. The molecule has 0 bridgehead atoms. The summed E-state index contributed by atoms with van der Waals surface area (Å²) in [6, 6.07) is 0. The summed E-state index contributed by atoms with van der Waals surface area (Å²) in [5.74, 6) is 0.771. The van der Waals surface area contributed by atoms with E-state index in [2.05, 4.69) is 13.8 Å². The third-order valence-electron chi connectivity index (χ3n) is 8.47. The molecular formula is C30H48O8. The van der Waals surface area contributed by atoms with Gasteiger partial charge in [-0.3, -0.25) is 9.59 Å². The monoisotopic (exact) mass is 536 g/mol. The molecule has 4 rings (SSSR count). The minimum Gasteiger partial charge on any atom is -0.466 e. The number of hydrogen-bond donors (Lipinski definition) is 0. The van der Waals surface area contributed by atoms with Crippen LogP contribution in [-0.4, -0.2) is 62.1 Å². The Morgan fingerprint density at radius 1 is 0.711 bits per heavy atom. The van der Waals surface area contributed by atoms with E-state index < -0.39 is 0 Å². The second-order valence-corrected chi connectivity index (χ2v) is 11.6. The Labute approximate surface area is 227 Å². The van der Waals surface area contributed by atoms with Crippen LogP contribution >= 0.6 is 0 Å². The van der Waals surface area contributed by atoms with Crippen LogP contribution in [0.5, 0.6) is 0 Å². The largest absolute Gasteiger partial charge is 0.466 e. The Bertz CT molecular complexity index is 712. The van der Waals surface area contributed by atoms with Gasteiger partial charge in [0.2, 0.25) is 0 Å². The fraction of sp³-hybridized carbons (Fsp3) is 0.867. The van der Waals surface area contributed by atoms with Crippen LogP contribution in [0.2, 0.25) is 0 Å². The van der Waals surface area contributed by atoms with Crippen molar-refractivity contribution in [2.24, 2.45) is 35.5 Å².